The number of carbonyl (C=O) groups is 2. The van der Waals surface area contributed by atoms with E-state index in [9.17, 15) is 9.59 Å². The summed E-state index contributed by atoms with van der Waals surface area (Å²) in [4.78, 5) is 22.7. The highest BCUT2D eigenvalue weighted by Crippen LogP contribution is 2.22. The molecule has 1 aromatic carbocycles. The number of rotatable bonds is 6. The van der Waals surface area contributed by atoms with Crippen molar-refractivity contribution in [3.8, 4) is 5.75 Å². The van der Waals surface area contributed by atoms with Crippen LogP contribution in [0.3, 0.4) is 0 Å². The van der Waals surface area contributed by atoms with Gasteiger partial charge < -0.3 is 9.84 Å². The molecular weight excluding hydrogens is 240 g/mol. The first kappa shape index (κ1) is 13.6. The largest absolute Gasteiger partial charge is 0.496 e. The van der Waals surface area contributed by atoms with Crippen LogP contribution >= 0.6 is 11.8 Å². The number of Topliss-reactive ketones (excluding diaryl/α,β-unsaturated/α-hetero) is 1. The zero-order valence-corrected chi connectivity index (χ0v) is 10.5. The summed E-state index contributed by atoms with van der Waals surface area (Å²) in [5.74, 6) is 0.418. The van der Waals surface area contributed by atoms with Crippen LogP contribution in [-0.4, -0.2) is 35.5 Å². The van der Waals surface area contributed by atoms with E-state index in [1.165, 1.54) is 37.1 Å². The van der Waals surface area contributed by atoms with Crippen LogP contribution in [0.4, 0.5) is 0 Å². The molecule has 92 valence electrons. The van der Waals surface area contributed by atoms with Crippen LogP contribution in [0.25, 0.3) is 0 Å². The lowest BCUT2D eigenvalue weighted by molar-refractivity contribution is 0.0697. The molecule has 1 N–H and O–H groups in total. The molecule has 0 aliphatic rings. The van der Waals surface area contributed by atoms with Crippen LogP contribution in [0, 0.1) is 0 Å². The van der Waals surface area contributed by atoms with Gasteiger partial charge in [-0.05, 0) is 24.0 Å². The van der Waals surface area contributed by atoms with E-state index in [0.29, 0.717) is 17.1 Å². The maximum absolute atomic E-state index is 11.9. The molecule has 0 aliphatic heterocycles. The molecule has 0 aliphatic carbocycles. The second-order valence-electron chi connectivity index (χ2n) is 3.28. The average molecular weight is 254 g/mol. The third kappa shape index (κ3) is 3.49. The van der Waals surface area contributed by atoms with Crippen molar-refractivity contribution in [2.24, 2.45) is 0 Å². The second kappa shape index (κ2) is 6.30. The van der Waals surface area contributed by atoms with Gasteiger partial charge >= 0.3 is 5.97 Å². The Morgan fingerprint density at radius 3 is 2.65 bits per heavy atom. The number of carboxylic acids is 1. The number of ketones is 1. The van der Waals surface area contributed by atoms with Gasteiger partial charge in [-0.1, -0.05) is 6.92 Å². The summed E-state index contributed by atoms with van der Waals surface area (Å²) in [6.07, 6.45) is 0. The van der Waals surface area contributed by atoms with Gasteiger partial charge in [0.05, 0.1) is 24.0 Å². The fraction of sp³-hybridized carbons (Fsp3) is 0.333. The molecule has 0 fully saturated rings. The predicted molar refractivity (Wildman–Crippen MR) is 67.3 cm³/mol. The molecule has 0 saturated carbocycles. The first-order chi connectivity index (χ1) is 8.10. The van der Waals surface area contributed by atoms with Crippen molar-refractivity contribution >= 4 is 23.5 Å². The van der Waals surface area contributed by atoms with E-state index >= 15 is 0 Å². The maximum Gasteiger partial charge on any atom is 0.335 e. The van der Waals surface area contributed by atoms with Gasteiger partial charge in [0.2, 0.25) is 0 Å². The van der Waals surface area contributed by atoms with Gasteiger partial charge in [-0.2, -0.15) is 11.8 Å². The van der Waals surface area contributed by atoms with Crippen LogP contribution in [0.5, 0.6) is 5.75 Å². The third-order valence-electron chi connectivity index (χ3n) is 2.18. The van der Waals surface area contributed by atoms with Gasteiger partial charge in [0.15, 0.2) is 5.78 Å². The highest BCUT2D eigenvalue weighted by Gasteiger charge is 2.15. The lowest BCUT2D eigenvalue weighted by Crippen LogP contribution is -2.07. The molecule has 0 atom stereocenters. The number of benzene rings is 1. The normalized spacial score (nSPS) is 10.0. The SMILES string of the molecule is CCSCC(=O)c1cc(C(=O)O)ccc1OC. The maximum atomic E-state index is 11.9. The van der Waals surface area contributed by atoms with Crippen LogP contribution in [-0.2, 0) is 0 Å². The minimum Gasteiger partial charge on any atom is -0.496 e. The first-order valence-electron chi connectivity index (χ1n) is 5.12. The summed E-state index contributed by atoms with van der Waals surface area (Å²) in [5.41, 5.74) is 0.420. The summed E-state index contributed by atoms with van der Waals surface area (Å²) < 4.78 is 5.06. The molecule has 0 radical (unpaired) electrons. The number of carbonyl (C=O) groups excluding carboxylic acids is 1. The Hall–Kier alpha value is -1.49. The lowest BCUT2D eigenvalue weighted by atomic mass is 10.1. The van der Waals surface area contributed by atoms with Crippen LogP contribution < -0.4 is 4.74 Å². The van der Waals surface area contributed by atoms with Gasteiger partial charge in [0.25, 0.3) is 0 Å². The molecule has 5 heteroatoms. The third-order valence-corrected chi connectivity index (χ3v) is 3.06. The van der Waals surface area contributed by atoms with E-state index in [4.69, 9.17) is 9.84 Å². The lowest BCUT2D eigenvalue weighted by Gasteiger charge is -2.08. The summed E-state index contributed by atoms with van der Waals surface area (Å²) in [5, 5.41) is 8.87. The molecular formula is C12H14O4S. The Labute approximate surface area is 104 Å². The Bertz CT molecular complexity index is 429. The standard InChI is InChI=1S/C12H14O4S/c1-3-17-7-10(13)9-6-8(12(14)15)4-5-11(9)16-2/h4-6H,3,7H2,1-2H3,(H,14,15). The number of methoxy groups -OCH3 is 1. The number of hydrogen-bond acceptors (Lipinski definition) is 4. The first-order valence-corrected chi connectivity index (χ1v) is 6.27. The van der Waals surface area contributed by atoms with Crippen molar-refractivity contribution in [2.45, 2.75) is 6.92 Å². The molecule has 4 nitrogen and oxygen atoms in total. The van der Waals surface area contributed by atoms with Crippen molar-refractivity contribution in [3.63, 3.8) is 0 Å². The van der Waals surface area contributed by atoms with E-state index in [-0.39, 0.29) is 11.3 Å². The molecule has 17 heavy (non-hydrogen) atoms. The fourth-order valence-corrected chi connectivity index (χ4v) is 1.88. The summed E-state index contributed by atoms with van der Waals surface area (Å²) in [6.45, 7) is 1.96. The molecule has 0 amide bonds. The number of thioether (sulfide) groups is 1. The van der Waals surface area contributed by atoms with Crippen molar-refractivity contribution in [3.05, 3.63) is 29.3 Å². The Morgan fingerprint density at radius 2 is 2.12 bits per heavy atom. The molecule has 1 rings (SSSR count). The van der Waals surface area contributed by atoms with E-state index in [0.717, 1.165) is 5.75 Å². The highest BCUT2D eigenvalue weighted by atomic mass is 32.2. The Morgan fingerprint density at radius 1 is 1.41 bits per heavy atom. The van der Waals surface area contributed by atoms with Gasteiger partial charge in [0.1, 0.15) is 5.75 Å². The van der Waals surface area contributed by atoms with Crippen LogP contribution in [0.1, 0.15) is 27.6 Å². The van der Waals surface area contributed by atoms with Crippen LogP contribution in [0.15, 0.2) is 18.2 Å². The zero-order chi connectivity index (χ0) is 12.8. The second-order valence-corrected chi connectivity index (χ2v) is 4.55. The molecule has 0 heterocycles. The van der Waals surface area contributed by atoms with Gasteiger partial charge in [-0.3, -0.25) is 4.79 Å². The molecule has 1 aromatic rings. The Balaban J connectivity index is 3.05. The van der Waals surface area contributed by atoms with Gasteiger partial charge in [-0.25, -0.2) is 4.79 Å². The van der Waals surface area contributed by atoms with Crippen molar-refractivity contribution < 1.29 is 19.4 Å². The summed E-state index contributed by atoms with van der Waals surface area (Å²) >= 11 is 1.49. The molecule has 0 saturated heterocycles. The predicted octanol–water partition coefficient (Wildman–Crippen LogP) is 2.33. The molecule has 0 aromatic heterocycles. The van der Waals surface area contributed by atoms with Gasteiger partial charge in [0, 0.05) is 0 Å². The molecule has 0 spiro atoms. The molecule has 0 bridgehead atoms. The highest BCUT2D eigenvalue weighted by molar-refractivity contribution is 7.99. The number of carboxylic acid groups (broad SMARTS) is 1. The quantitative estimate of drug-likeness (QED) is 0.789. The van der Waals surface area contributed by atoms with E-state index in [1.807, 2.05) is 6.92 Å². The van der Waals surface area contributed by atoms with E-state index in [1.54, 1.807) is 0 Å². The number of aromatic carboxylic acids is 1. The van der Waals surface area contributed by atoms with Crippen molar-refractivity contribution in [1.82, 2.24) is 0 Å². The summed E-state index contributed by atoms with van der Waals surface area (Å²) in [6, 6.07) is 4.29. The van der Waals surface area contributed by atoms with Crippen molar-refractivity contribution in [1.29, 1.82) is 0 Å². The van der Waals surface area contributed by atoms with E-state index < -0.39 is 5.97 Å². The average Bonchev–Trinajstić information content (AvgIpc) is 2.34. The minimum atomic E-state index is -1.05. The molecule has 0 unspecified atom stereocenters. The summed E-state index contributed by atoms with van der Waals surface area (Å²) in [7, 11) is 1.46. The number of hydrogen-bond donors (Lipinski definition) is 1. The van der Waals surface area contributed by atoms with E-state index in [2.05, 4.69) is 0 Å². The topological polar surface area (TPSA) is 63.6 Å². The minimum absolute atomic E-state index is 0.0932. The smallest absolute Gasteiger partial charge is 0.335 e. The fourth-order valence-electron chi connectivity index (χ4n) is 1.33. The van der Waals surface area contributed by atoms with Gasteiger partial charge in [-0.15, -0.1) is 0 Å². The number of ether oxygens (including phenoxy) is 1. The van der Waals surface area contributed by atoms with Crippen molar-refractivity contribution in [2.75, 3.05) is 18.6 Å². The zero-order valence-electron chi connectivity index (χ0n) is 9.73. The van der Waals surface area contributed by atoms with Crippen LogP contribution in [0.2, 0.25) is 0 Å². The Kier molecular flexibility index (Phi) is 5.03. The monoisotopic (exact) mass is 254 g/mol.